The van der Waals surface area contributed by atoms with E-state index >= 15 is 0 Å². The van der Waals surface area contributed by atoms with Gasteiger partial charge in [0.2, 0.25) is 0 Å². The van der Waals surface area contributed by atoms with Crippen molar-refractivity contribution in [3.05, 3.63) is 23.9 Å². The van der Waals surface area contributed by atoms with Crippen molar-refractivity contribution in [2.45, 2.75) is 26.0 Å². The Balaban J connectivity index is 2.05. The molecule has 8 heteroatoms. The predicted octanol–water partition coefficient (Wildman–Crippen LogP) is 1.16. The summed E-state index contributed by atoms with van der Waals surface area (Å²) in [5, 5.41) is 0. The third-order valence-electron chi connectivity index (χ3n) is 3.76. The summed E-state index contributed by atoms with van der Waals surface area (Å²) in [6, 6.07) is 5.54. The molecule has 1 aromatic heterocycles. The maximum atomic E-state index is 11.9. The number of nitrogens with zero attached hydrogens (tertiary/aromatic N) is 3. The predicted molar refractivity (Wildman–Crippen MR) is 82.9 cm³/mol. The molecule has 1 aliphatic rings. The summed E-state index contributed by atoms with van der Waals surface area (Å²) in [6.07, 6.45) is -1.53. The molecule has 0 bridgehead atoms. The number of benzene rings is 1. The van der Waals surface area contributed by atoms with Gasteiger partial charge in [0.25, 0.3) is 11.6 Å². The maximum Gasteiger partial charge on any atom is 0.415 e. The average molecular weight is 318 g/mol. The van der Waals surface area contributed by atoms with Crippen LogP contribution < -0.4 is 16.3 Å². The lowest BCUT2D eigenvalue weighted by Gasteiger charge is -2.13. The molecule has 1 aromatic carbocycles. The van der Waals surface area contributed by atoms with Crippen molar-refractivity contribution in [1.29, 1.82) is 0 Å². The summed E-state index contributed by atoms with van der Waals surface area (Å²) in [5.41, 5.74) is 7.76. The smallest absolute Gasteiger partial charge is 0.415 e. The van der Waals surface area contributed by atoms with Crippen LogP contribution in [-0.2, 0) is 9.53 Å². The number of fused-ring (bicyclic) bond motifs is 1. The number of aromatic nitrogens is 1. The molecule has 3 rings (SSSR count). The molecule has 2 amide bonds. The molecule has 2 aromatic rings. The second kappa shape index (κ2) is 5.45. The van der Waals surface area contributed by atoms with Gasteiger partial charge in [0, 0.05) is 19.2 Å². The summed E-state index contributed by atoms with van der Waals surface area (Å²) < 4.78 is 12.7. The van der Waals surface area contributed by atoms with Gasteiger partial charge in [-0.25, -0.2) is 9.79 Å². The number of carbonyl (C=O) groups excluding carboxylic acids is 2. The molecule has 1 aliphatic heterocycles. The molecule has 0 spiro atoms. The van der Waals surface area contributed by atoms with E-state index in [-0.39, 0.29) is 12.6 Å². The van der Waals surface area contributed by atoms with E-state index in [0.717, 1.165) is 5.52 Å². The van der Waals surface area contributed by atoms with Crippen molar-refractivity contribution in [2.75, 3.05) is 18.5 Å². The molecule has 2 N–H and O–H groups in total. The van der Waals surface area contributed by atoms with Crippen molar-refractivity contribution < 1.29 is 18.7 Å². The summed E-state index contributed by atoms with van der Waals surface area (Å²) >= 11 is 0. The molecule has 1 fully saturated rings. The number of oxazole rings is 1. The van der Waals surface area contributed by atoms with Crippen molar-refractivity contribution in [2.24, 2.45) is 10.7 Å². The van der Waals surface area contributed by atoms with E-state index in [1.165, 1.54) is 4.90 Å². The topological polar surface area (TPSA) is 103 Å². The molecule has 1 atom stereocenters. The van der Waals surface area contributed by atoms with Crippen LogP contribution in [-0.4, -0.2) is 36.3 Å². The van der Waals surface area contributed by atoms with Gasteiger partial charge in [-0.15, -0.1) is 0 Å². The summed E-state index contributed by atoms with van der Waals surface area (Å²) in [4.78, 5) is 28.6. The Kier molecular flexibility index (Phi) is 3.59. The second-order valence-electron chi connectivity index (χ2n) is 5.61. The minimum Gasteiger partial charge on any atom is -0.434 e. The highest BCUT2D eigenvalue weighted by molar-refractivity contribution is 5.96. The number of cyclic esters (lactones) is 1. The Morgan fingerprint density at radius 2 is 2.17 bits per heavy atom. The van der Waals surface area contributed by atoms with Crippen molar-refractivity contribution in [3.63, 3.8) is 0 Å². The van der Waals surface area contributed by atoms with Crippen LogP contribution in [0.2, 0.25) is 0 Å². The molecule has 0 saturated carbocycles. The molecular weight excluding hydrogens is 300 g/mol. The first-order chi connectivity index (χ1) is 10.9. The van der Waals surface area contributed by atoms with Gasteiger partial charge in [0.05, 0.1) is 17.7 Å². The fourth-order valence-electron chi connectivity index (χ4n) is 2.68. The number of nitrogens with two attached hydrogens (primary N) is 1. The third-order valence-corrected chi connectivity index (χ3v) is 3.76. The first-order valence-corrected chi connectivity index (χ1v) is 7.27. The van der Waals surface area contributed by atoms with E-state index in [9.17, 15) is 9.59 Å². The monoisotopic (exact) mass is 318 g/mol. The third kappa shape index (κ3) is 2.45. The summed E-state index contributed by atoms with van der Waals surface area (Å²) in [7, 11) is 1.66. The van der Waals surface area contributed by atoms with Crippen LogP contribution in [0.3, 0.4) is 0 Å². The van der Waals surface area contributed by atoms with Gasteiger partial charge >= 0.3 is 6.09 Å². The van der Waals surface area contributed by atoms with E-state index in [1.54, 1.807) is 19.2 Å². The first kappa shape index (κ1) is 15.1. The Hall–Kier alpha value is -2.77. The van der Waals surface area contributed by atoms with Crippen LogP contribution in [0.4, 0.5) is 10.5 Å². The lowest BCUT2D eigenvalue weighted by Crippen LogP contribution is -2.32. The number of primary amides is 1. The van der Waals surface area contributed by atoms with E-state index in [2.05, 4.69) is 4.99 Å². The lowest BCUT2D eigenvalue weighted by atomic mass is 10.2. The van der Waals surface area contributed by atoms with Gasteiger partial charge in [-0.2, -0.15) is 0 Å². The SMILES string of the molecule is C/N=c1/oc2cc(N3C[C@H](C(N)=O)OC3=O)ccc2n1C(C)C. The van der Waals surface area contributed by atoms with Gasteiger partial charge in [-0.05, 0) is 26.0 Å². The number of anilines is 1. The largest absolute Gasteiger partial charge is 0.434 e. The average Bonchev–Trinajstić information content (AvgIpc) is 3.06. The highest BCUT2D eigenvalue weighted by atomic mass is 16.6. The molecule has 0 aliphatic carbocycles. The number of ether oxygens (including phenoxy) is 1. The number of carbonyl (C=O) groups is 2. The molecule has 8 nitrogen and oxygen atoms in total. The Labute approximate surface area is 132 Å². The zero-order valence-electron chi connectivity index (χ0n) is 13.1. The fourth-order valence-corrected chi connectivity index (χ4v) is 2.68. The van der Waals surface area contributed by atoms with Crippen LogP contribution >= 0.6 is 0 Å². The summed E-state index contributed by atoms with van der Waals surface area (Å²) in [5.74, 6) is -0.662. The zero-order chi connectivity index (χ0) is 16.7. The summed E-state index contributed by atoms with van der Waals surface area (Å²) in [6.45, 7) is 4.16. The second-order valence-corrected chi connectivity index (χ2v) is 5.61. The highest BCUT2D eigenvalue weighted by Gasteiger charge is 2.36. The van der Waals surface area contributed by atoms with Gasteiger partial charge < -0.3 is 14.9 Å². The van der Waals surface area contributed by atoms with Crippen molar-refractivity contribution in [3.8, 4) is 0 Å². The van der Waals surface area contributed by atoms with Crippen molar-refractivity contribution >= 4 is 28.8 Å². The molecule has 2 heterocycles. The molecule has 23 heavy (non-hydrogen) atoms. The highest BCUT2D eigenvalue weighted by Crippen LogP contribution is 2.26. The molecule has 0 unspecified atom stereocenters. The van der Waals surface area contributed by atoms with Crippen LogP contribution in [0.15, 0.2) is 27.6 Å². The number of amides is 2. The van der Waals surface area contributed by atoms with Gasteiger partial charge in [-0.3, -0.25) is 14.3 Å². The van der Waals surface area contributed by atoms with E-state index < -0.39 is 18.1 Å². The lowest BCUT2D eigenvalue weighted by molar-refractivity contribution is -0.124. The fraction of sp³-hybridized carbons (Fsp3) is 0.400. The van der Waals surface area contributed by atoms with Crippen LogP contribution in [0, 0.1) is 0 Å². The number of hydrogen-bond donors (Lipinski definition) is 1. The molecular formula is C15H18N4O4. The van der Waals surface area contributed by atoms with E-state index in [4.69, 9.17) is 14.9 Å². The quantitative estimate of drug-likeness (QED) is 0.917. The van der Waals surface area contributed by atoms with E-state index in [0.29, 0.717) is 17.0 Å². The normalized spacial score (nSPS) is 19.0. The first-order valence-electron chi connectivity index (χ1n) is 7.27. The molecule has 1 saturated heterocycles. The Bertz CT molecular complexity index is 849. The van der Waals surface area contributed by atoms with Gasteiger partial charge in [0.1, 0.15) is 0 Å². The van der Waals surface area contributed by atoms with Crippen LogP contribution in [0.5, 0.6) is 0 Å². The Morgan fingerprint density at radius 1 is 1.43 bits per heavy atom. The molecule has 0 radical (unpaired) electrons. The number of rotatable bonds is 3. The van der Waals surface area contributed by atoms with Gasteiger partial charge in [-0.1, -0.05) is 0 Å². The Morgan fingerprint density at radius 3 is 2.74 bits per heavy atom. The number of hydrogen-bond acceptors (Lipinski definition) is 5. The minimum absolute atomic E-state index is 0.0928. The minimum atomic E-state index is -0.934. The maximum absolute atomic E-state index is 11.9. The van der Waals surface area contributed by atoms with E-state index in [1.807, 2.05) is 24.5 Å². The van der Waals surface area contributed by atoms with Crippen LogP contribution in [0.1, 0.15) is 19.9 Å². The molecule has 122 valence electrons. The van der Waals surface area contributed by atoms with Crippen molar-refractivity contribution in [1.82, 2.24) is 4.57 Å². The van der Waals surface area contributed by atoms with Crippen LogP contribution in [0.25, 0.3) is 11.1 Å². The van der Waals surface area contributed by atoms with Gasteiger partial charge in [0.15, 0.2) is 11.7 Å². The zero-order valence-corrected chi connectivity index (χ0v) is 13.1. The standard InChI is InChI=1S/C15H18N4O4/c1-8(2)19-10-5-4-9(6-11(10)22-14(19)17-3)18-7-12(13(16)20)23-15(18)21/h4-6,8,12H,7H2,1-3H3,(H2,16,20)/b17-14+/t12-/m1/s1.